The number of carbonyl (C=O) groups is 1. The third kappa shape index (κ3) is 3.51. The molecule has 6 heteroatoms. The van der Waals surface area contributed by atoms with Crippen LogP contribution in [0.4, 0.5) is 0 Å². The summed E-state index contributed by atoms with van der Waals surface area (Å²) >= 11 is 1.70. The van der Waals surface area contributed by atoms with Crippen molar-refractivity contribution in [2.45, 2.75) is 19.4 Å². The Kier molecular flexibility index (Phi) is 4.68. The molecule has 1 saturated heterocycles. The Bertz CT molecular complexity index is 375. The van der Waals surface area contributed by atoms with Gasteiger partial charge < -0.3 is 10.0 Å². The number of rotatable bonds is 5. The van der Waals surface area contributed by atoms with Crippen LogP contribution in [0.15, 0.2) is 11.7 Å². The van der Waals surface area contributed by atoms with E-state index in [-0.39, 0.29) is 6.42 Å². The molecule has 1 N–H and O–H groups in total. The van der Waals surface area contributed by atoms with Gasteiger partial charge >= 0.3 is 5.97 Å². The van der Waals surface area contributed by atoms with E-state index in [9.17, 15) is 4.79 Å². The molecular formula is C12H19N3O2S. The van der Waals surface area contributed by atoms with Crippen LogP contribution in [0.5, 0.6) is 0 Å². The standard InChI is InChI=1S/C12H19N3O2S/c1-10(11-8-13-9-18-11)15-6-4-14(5-7-15)3-2-12(16)17/h8-10H,2-7H2,1H3,(H,16,17). The second-order valence-electron chi connectivity index (χ2n) is 4.60. The number of carboxylic acid groups (broad SMARTS) is 1. The van der Waals surface area contributed by atoms with Gasteiger partial charge in [0.25, 0.3) is 0 Å². The monoisotopic (exact) mass is 269 g/mol. The van der Waals surface area contributed by atoms with E-state index in [2.05, 4.69) is 21.7 Å². The Morgan fingerprint density at radius 3 is 2.78 bits per heavy atom. The lowest BCUT2D eigenvalue weighted by Crippen LogP contribution is -2.47. The largest absolute Gasteiger partial charge is 0.481 e. The van der Waals surface area contributed by atoms with Gasteiger partial charge in [-0.05, 0) is 6.92 Å². The van der Waals surface area contributed by atoms with Gasteiger partial charge in [0, 0.05) is 49.8 Å². The smallest absolute Gasteiger partial charge is 0.304 e. The Hall–Kier alpha value is -0.980. The molecule has 2 heterocycles. The molecule has 1 fully saturated rings. The van der Waals surface area contributed by atoms with Crippen molar-refractivity contribution in [3.8, 4) is 0 Å². The van der Waals surface area contributed by atoms with Gasteiger partial charge in [0.2, 0.25) is 0 Å². The van der Waals surface area contributed by atoms with E-state index in [1.165, 1.54) is 4.88 Å². The van der Waals surface area contributed by atoms with Gasteiger partial charge in [-0.3, -0.25) is 14.7 Å². The van der Waals surface area contributed by atoms with Crippen molar-refractivity contribution in [1.29, 1.82) is 0 Å². The second-order valence-corrected chi connectivity index (χ2v) is 5.52. The maximum atomic E-state index is 10.5. The summed E-state index contributed by atoms with van der Waals surface area (Å²) in [6.07, 6.45) is 2.18. The summed E-state index contributed by atoms with van der Waals surface area (Å²) in [5.41, 5.74) is 1.87. The minimum atomic E-state index is -0.713. The lowest BCUT2D eigenvalue weighted by Gasteiger charge is -2.37. The van der Waals surface area contributed by atoms with E-state index in [1.54, 1.807) is 11.3 Å². The zero-order valence-electron chi connectivity index (χ0n) is 10.6. The second kappa shape index (κ2) is 6.26. The molecule has 0 spiro atoms. The normalized spacial score (nSPS) is 19.8. The highest BCUT2D eigenvalue weighted by molar-refractivity contribution is 7.09. The number of carboxylic acids is 1. The summed E-state index contributed by atoms with van der Waals surface area (Å²) in [4.78, 5) is 20.6. The first-order valence-corrected chi connectivity index (χ1v) is 7.11. The zero-order valence-corrected chi connectivity index (χ0v) is 11.4. The number of piperazine rings is 1. The fourth-order valence-corrected chi connectivity index (χ4v) is 2.95. The van der Waals surface area contributed by atoms with Gasteiger partial charge in [0.05, 0.1) is 11.9 Å². The summed E-state index contributed by atoms with van der Waals surface area (Å²) < 4.78 is 0. The first-order valence-electron chi connectivity index (χ1n) is 6.23. The lowest BCUT2D eigenvalue weighted by atomic mass is 10.2. The van der Waals surface area contributed by atoms with Crippen molar-refractivity contribution >= 4 is 17.3 Å². The predicted octanol–water partition coefficient (Wildman–Crippen LogP) is 1.30. The maximum Gasteiger partial charge on any atom is 0.304 e. The molecule has 18 heavy (non-hydrogen) atoms. The van der Waals surface area contributed by atoms with E-state index in [1.807, 2.05) is 11.7 Å². The molecule has 0 aliphatic carbocycles. The van der Waals surface area contributed by atoms with E-state index < -0.39 is 5.97 Å². The summed E-state index contributed by atoms with van der Waals surface area (Å²) in [6, 6.07) is 0.416. The highest BCUT2D eigenvalue weighted by Crippen LogP contribution is 2.24. The molecule has 1 aromatic rings. The van der Waals surface area contributed by atoms with Crippen LogP contribution in [0.1, 0.15) is 24.3 Å². The van der Waals surface area contributed by atoms with Crippen molar-refractivity contribution in [3.63, 3.8) is 0 Å². The molecule has 0 bridgehead atoms. The minimum Gasteiger partial charge on any atom is -0.481 e. The van der Waals surface area contributed by atoms with Gasteiger partial charge in [-0.25, -0.2) is 0 Å². The molecule has 0 amide bonds. The molecular weight excluding hydrogens is 250 g/mol. The van der Waals surface area contributed by atoms with Crippen LogP contribution in [0.3, 0.4) is 0 Å². The summed E-state index contributed by atoms with van der Waals surface area (Å²) in [7, 11) is 0. The van der Waals surface area contributed by atoms with Crippen LogP contribution in [0.2, 0.25) is 0 Å². The molecule has 0 aromatic carbocycles. The number of thiazole rings is 1. The fourth-order valence-electron chi connectivity index (χ4n) is 2.24. The average Bonchev–Trinajstić information content (AvgIpc) is 2.90. The SMILES string of the molecule is CC(c1cncs1)N1CCN(CCC(=O)O)CC1. The Morgan fingerprint density at radius 1 is 1.50 bits per heavy atom. The Labute approximate surface area is 111 Å². The van der Waals surface area contributed by atoms with Gasteiger partial charge in [-0.15, -0.1) is 11.3 Å². The zero-order chi connectivity index (χ0) is 13.0. The molecule has 1 aliphatic heterocycles. The lowest BCUT2D eigenvalue weighted by molar-refractivity contribution is -0.137. The number of nitrogens with zero attached hydrogens (tertiary/aromatic N) is 3. The predicted molar refractivity (Wildman–Crippen MR) is 70.8 cm³/mol. The first-order chi connectivity index (χ1) is 8.66. The van der Waals surface area contributed by atoms with E-state index >= 15 is 0 Å². The van der Waals surface area contributed by atoms with Gasteiger partial charge in [0.15, 0.2) is 0 Å². The van der Waals surface area contributed by atoms with Crippen LogP contribution in [-0.2, 0) is 4.79 Å². The van der Waals surface area contributed by atoms with Gasteiger partial charge in [-0.1, -0.05) is 0 Å². The number of hydrogen-bond acceptors (Lipinski definition) is 5. The van der Waals surface area contributed by atoms with E-state index in [0.29, 0.717) is 12.6 Å². The van der Waals surface area contributed by atoms with Crippen molar-refractivity contribution in [1.82, 2.24) is 14.8 Å². The van der Waals surface area contributed by atoms with Gasteiger partial charge in [-0.2, -0.15) is 0 Å². The third-order valence-electron chi connectivity index (χ3n) is 3.46. The highest BCUT2D eigenvalue weighted by atomic mass is 32.1. The Morgan fingerprint density at radius 2 is 2.22 bits per heavy atom. The number of aromatic nitrogens is 1. The summed E-state index contributed by atoms with van der Waals surface area (Å²) in [5, 5.41) is 8.67. The van der Waals surface area contributed by atoms with Crippen molar-refractivity contribution in [2.75, 3.05) is 32.7 Å². The van der Waals surface area contributed by atoms with Crippen molar-refractivity contribution in [3.05, 3.63) is 16.6 Å². The highest BCUT2D eigenvalue weighted by Gasteiger charge is 2.22. The third-order valence-corrected chi connectivity index (χ3v) is 4.41. The van der Waals surface area contributed by atoms with Crippen LogP contribution >= 0.6 is 11.3 Å². The molecule has 0 saturated carbocycles. The van der Waals surface area contributed by atoms with Crippen LogP contribution in [-0.4, -0.2) is 58.6 Å². The molecule has 1 aromatic heterocycles. The Balaban J connectivity index is 1.78. The summed E-state index contributed by atoms with van der Waals surface area (Å²) in [6.45, 7) is 6.78. The molecule has 1 unspecified atom stereocenters. The van der Waals surface area contributed by atoms with E-state index in [0.717, 1.165) is 26.2 Å². The van der Waals surface area contributed by atoms with Crippen LogP contribution in [0, 0.1) is 0 Å². The van der Waals surface area contributed by atoms with Crippen LogP contribution < -0.4 is 0 Å². The van der Waals surface area contributed by atoms with Crippen LogP contribution in [0.25, 0.3) is 0 Å². The first kappa shape index (κ1) is 13.5. The molecule has 0 radical (unpaired) electrons. The molecule has 1 aliphatic rings. The molecule has 1 atom stereocenters. The average molecular weight is 269 g/mol. The number of hydrogen-bond donors (Lipinski definition) is 1. The number of aliphatic carboxylic acids is 1. The molecule has 2 rings (SSSR count). The fraction of sp³-hybridized carbons (Fsp3) is 0.667. The molecule has 5 nitrogen and oxygen atoms in total. The minimum absolute atomic E-state index is 0.240. The maximum absolute atomic E-state index is 10.5. The van der Waals surface area contributed by atoms with Gasteiger partial charge in [0.1, 0.15) is 0 Å². The topological polar surface area (TPSA) is 56.7 Å². The van der Waals surface area contributed by atoms with E-state index in [4.69, 9.17) is 5.11 Å². The van der Waals surface area contributed by atoms with Crippen molar-refractivity contribution < 1.29 is 9.90 Å². The summed E-state index contributed by atoms with van der Waals surface area (Å²) in [5.74, 6) is -0.713. The van der Waals surface area contributed by atoms with Crippen molar-refractivity contribution in [2.24, 2.45) is 0 Å². The molecule has 100 valence electrons. The quantitative estimate of drug-likeness (QED) is 0.873.